The summed E-state index contributed by atoms with van der Waals surface area (Å²) < 4.78 is 5.99. The van der Waals surface area contributed by atoms with E-state index < -0.39 is 23.9 Å². The molecule has 1 amide bonds. The number of oxime groups is 1. The first-order valence-corrected chi connectivity index (χ1v) is 11.0. The summed E-state index contributed by atoms with van der Waals surface area (Å²) in [6.45, 7) is 1.78. The lowest BCUT2D eigenvalue weighted by Crippen LogP contribution is -2.45. The SMILES string of the molecule is CC(=O)c1ccc(NC(=O)[C@]2(CC(=O)O)CC(c3ccccc3OCc3ccccc3)=NO2)cc1. The maximum Gasteiger partial charge on any atom is 0.308 e. The highest BCUT2D eigenvalue weighted by atomic mass is 16.7. The number of anilines is 1. The standard InChI is InChI=1S/C27H24N2O6/c1-18(30)20-11-13-21(14-12-20)28-26(33)27(16-25(31)32)15-23(29-35-27)22-9-5-6-10-24(22)34-17-19-7-3-2-4-8-19/h2-14H,15-17H2,1H3,(H,28,33)(H,31,32)/t27-/m1/s1. The van der Waals surface area contributed by atoms with Crippen molar-refractivity contribution >= 4 is 29.1 Å². The van der Waals surface area contributed by atoms with Gasteiger partial charge in [0.1, 0.15) is 12.4 Å². The number of rotatable bonds is 9. The lowest BCUT2D eigenvalue weighted by molar-refractivity contribution is -0.152. The van der Waals surface area contributed by atoms with Crippen LogP contribution in [-0.4, -0.2) is 34.1 Å². The van der Waals surface area contributed by atoms with Crippen molar-refractivity contribution in [3.8, 4) is 5.75 Å². The molecule has 0 fully saturated rings. The molecule has 0 saturated carbocycles. The number of nitrogens with one attached hydrogen (secondary N) is 1. The molecule has 3 aromatic rings. The van der Waals surface area contributed by atoms with Crippen LogP contribution in [0.3, 0.4) is 0 Å². The van der Waals surface area contributed by atoms with Crippen LogP contribution in [0.1, 0.15) is 41.3 Å². The first-order valence-electron chi connectivity index (χ1n) is 11.0. The Morgan fingerprint density at radius 3 is 2.37 bits per heavy atom. The number of carbonyl (C=O) groups is 3. The summed E-state index contributed by atoms with van der Waals surface area (Å²) in [5.74, 6) is -1.39. The Kier molecular flexibility index (Phi) is 6.91. The first kappa shape index (κ1) is 23.7. The van der Waals surface area contributed by atoms with Gasteiger partial charge in [-0.2, -0.15) is 0 Å². The summed E-state index contributed by atoms with van der Waals surface area (Å²) >= 11 is 0. The van der Waals surface area contributed by atoms with Crippen molar-refractivity contribution in [2.45, 2.75) is 32.0 Å². The summed E-state index contributed by atoms with van der Waals surface area (Å²) in [4.78, 5) is 41.8. The van der Waals surface area contributed by atoms with Gasteiger partial charge < -0.3 is 20.0 Å². The minimum absolute atomic E-state index is 0.0532. The van der Waals surface area contributed by atoms with E-state index in [0.29, 0.717) is 34.9 Å². The summed E-state index contributed by atoms with van der Waals surface area (Å²) in [7, 11) is 0. The van der Waals surface area contributed by atoms with Gasteiger partial charge in [0.2, 0.25) is 5.60 Å². The van der Waals surface area contributed by atoms with Gasteiger partial charge >= 0.3 is 5.97 Å². The molecule has 1 aliphatic heterocycles. The van der Waals surface area contributed by atoms with Crippen molar-refractivity contribution in [1.82, 2.24) is 0 Å². The molecule has 3 aromatic carbocycles. The van der Waals surface area contributed by atoms with E-state index in [0.717, 1.165) is 5.56 Å². The second kappa shape index (κ2) is 10.2. The van der Waals surface area contributed by atoms with Crippen LogP contribution >= 0.6 is 0 Å². The average Bonchev–Trinajstić information content (AvgIpc) is 3.28. The summed E-state index contributed by atoms with van der Waals surface area (Å²) in [6, 6.07) is 23.2. The van der Waals surface area contributed by atoms with E-state index >= 15 is 0 Å². The van der Waals surface area contributed by atoms with Gasteiger partial charge in [-0.3, -0.25) is 14.4 Å². The predicted molar refractivity (Wildman–Crippen MR) is 130 cm³/mol. The fourth-order valence-electron chi connectivity index (χ4n) is 3.76. The zero-order valence-electron chi connectivity index (χ0n) is 19.1. The van der Waals surface area contributed by atoms with E-state index in [1.54, 1.807) is 42.5 Å². The third-order valence-corrected chi connectivity index (χ3v) is 5.62. The molecule has 35 heavy (non-hydrogen) atoms. The number of nitrogens with zero attached hydrogens (tertiary/aromatic N) is 1. The van der Waals surface area contributed by atoms with Crippen LogP contribution in [0.25, 0.3) is 0 Å². The van der Waals surface area contributed by atoms with Crippen LogP contribution < -0.4 is 10.1 Å². The molecule has 0 aliphatic carbocycles. The van der Waals surface area contributed by atoms with E-state index in [-0.39, 0.29) is 12.2 Å². The second-order valence-corrected chi connectivity index (χ2v) is 8.23. The Morgan fingerprint density at radius 1 is 1.00 bits per heavy atom. The normalized spacial score (nSPS) is 16.7. The third kappa shape index (κ3) is 5.55. The Hall–Kier alpha value is -4.46. The smallest absolute Gasteiger partial charge is 0.308 e. The van der Waals surface area contributed by atoms with Crippen molar-refractivity contribution in [1.29, 1.82) is 0 Å². The van der Waals surface area contributed by atoms with Gasteiger partial charge in [0.15, 0.2) is 5.78 Å². The highest BCUT2D eigenvalue weighted by Crippen LogP contribution is 2.34. The molecule has 2 N–H and O–H groups in total. The van der Waals surface area contributed by atoms with Crippen molar-refractivity contribution in [3.05, 3.63) is 95.6 Å². The van der Waals surface area contributed by atoms with Gasteiger partial charge in [-0.25, -0.2) is 0 Å². The maximum atomic E-state index is 13.2. The number of para-hydroxylation sites is 1. The minimum atomic E-state index is -1.73. The van der Waals surface area contributed by atoms with Crippen LogP contribution in [-0.2, 0) is 21.0 Å². The fourth-order valence-corrected chi connectivity index (χ4v) is 3.76. The molecule has 0 unspecified atom stereocenters. The second-order valence-electron chi connectivity index (χ2n) is 8.23. The van der Waals surface area contributed by atoms with Gasteiger partial charge in [0.25, 0.3) is 5.91 Å². The highest BCUT2D eigenvalue weighted by Gasteiger charge is 2.49. The Labute approximate surface area is 202 Å². The molecule has 0 radical (unpaired) electrons. The van der Waals surface area contributed by atoms with Crippen LogP contribution in [0.2, 0.25) is 0 Å². The van der Waals surface area contributed by atoms with Crippen LogP contribution in [0.15, 0.2) is 84.0 Å². The lowest BCUT2D eigenvalue weighted by Gasteiger charge is -2.23. The molecule has 1 atom stereocenters. The molecular weight excluding hydrogens is 448 g/mol. The average molecular weight is 472 g/mol. The number of carboxylic acids is 1. The van der Waals surface area contributed by atoms with Crippen LogP contribution in [0, 0.1) is 0 Å². The monoisotopic (exact) mass is 472 g/mol. The predicted octanol–water partition coefficient (Wildman–Crippen LogP) is 4.44. The number of hydrogen-bond donors (Lipinski definition) is 2. The van der Waals surface area contributed by atoms with Gasteiger partial charge in [0.05, 0.1) is 12.1 Å². The lowest BCUT2D eigenvalue weighted by atomic mass is 9.89. The molecule has 1 aliphatic rings. The van der Waals surface area contributed by atoms with Gasteiger partial charge in [-0.15, -0.1) is 0 Å². The number of benzene rings is 3. The molecule has 0 aromatic heterocycles. The number of ketones is 1. The number of ether oxygens (including phenoxy) is 1. The molecule has 8 nitrogen and oxygen atoms in total. The van der Waals surface area contributed by atoms with E-state index in [1.807, 2.05) is 36.4 Å². The van der Waals surface area contributed by atoms with E-state index in [9.17, 15) is 19.5 Å². The van der Waals surface area contributed by atoms with Gasteiger partial charge in [0, 0.05) is 23.2 Å². The number of carbonyl (C=O) groups excluding carboxylic acids is 2. The van der Waals surface area contributed by atoms with Gasteiger partial charge in [-0.1, -0.05) is 47.6 Å². The quantitative estimate of drug-likeness (QED) is 0.445. The number of Topliss-reactive ketones (excluding diaryl/α,β-unsaturated/α-hetero) is 1. The molecule has 0 bridgehead atoms. The van der Waals surface area contributed by atoms with E-state index in [4.69, 9.17) is 9.57 Å². The summed E-state index contributed by atoms with van der Waals surface area (Å²) in [5.41, 5.74) is 1.20. The number of aliphatic carboxylic acids is 1. The Morgan fingerprint density at radius 2 is 1.69 bits per heavy atom. The van der Waals surface area contributed by atoms with Crippen LogP contribution in [0.5, 0.6) is 5.75 Å². The van der Waals surface area contributed by atoms with E-state index in [2.05, 4.69) is 10.5 Å². The Balaban J connectivity index is 1.53. The third-order valence-electron chi connectivity index (χ3n) is 5.62. The van der Waals surface area contributed by atoms with Gasteiger partial charge in [-0.05, 0) is 48.9 Å². The Bertz CT molecular complexity index is 1270. The molecular formula is C27H24N2O6. The fraction of sp³-hybridized carbons (Fsp3) is 0.185. The zero-order chi connectivity index (χ0) is 24.8. The summed E-state index contributed by atoms with van der Waals surface area (Å²) in [6.07, 6.45) is -0.632. The zero-order valence-corrected chi connectivity index (χ0v) is 19.1. The summed E-state index contributed by atoms with van der Waals surface area (Å²) in [5, 5.41) is 16.3. The van der Waals surface area contributed by atoms with Crippen molar-refractivity contribution in [2.24, 2.45) is 5.16 Å². The minimum Gasteiger partial charge on any atom is -0.488 e. The number of hydrogen-bond acceptors (Lipinski definition) is 6. The molecule has 8 heteroatoms. The molecule has 0 spiro atoms. The maximum absolute atomic E-state index is 13.2. The topological polar surface area (TPSA) is 114 Å². The number of amides is 1. The van der Waals surface area contributed by atoms with E-state index in [1.165, 1.54) is 6.92 Å². The molecule has 1 heterocycles. The number of carboxylic acid groups (broad SMARTS) is 1. The van der Waals surface area contributed by atoms with Crippen molar-refractivity contribution in [2.75, 3.05) is 5.32 Å². The first-order chi connectivity index (χ1) is 16.9. The van der Waals surface area contributed by atoms with Crippen LogP contribution in [0.4, 0.5) is 5.69 Å². The van der Waals surface area contributed by atoms with Crippen molar-refractivity contribution < 1.29 is 29.1 Å². The molecule has 4 rings (SSSR count). The highest BCUT2D eigenvalue weighted by molar-refractivity contribution is 6.10. The molecule has 0 saturated heterocycles. The largest absolute Gasteiger partial charge is 0.488 e. The molecule has 178 valence electrons. The van der Waals surface area contributed by atoms with Crippen molar-refractivity contribution in [3.63, 3.8) is 0 Å².